The van der Waals surface area contributed by atoms with Gasteiger partial charge in [0.2, 0.25) is 0 Å². The summed E-state index contributed by atoms with van der Waals surface area (Å²) in [5, 5.41) is 12.7. The zero-order valence-electron chi connectivity index (χ0n) is 8.99. The lowest BCUT2D eigenvalue weighted by atomic mass is 10.2. The van der Waals surface area contributed by atoms with Crippen LogP contribution in [0.5, 0.6) is 11.5 Å². The summed E-state index contributed by atoms with van der Waals surface area (Å²) in [5.41, 5.74) is 1.63. The molecule has 84 valence electrons. The number of nitrogens with one attached hydrogen (secondary N) is 1. The Kier molecular flexibility index (Phi) is 2.81. The molecule has 1 aromatic carbocycles. The first-order valence-electron chi connectivity index (χ1n) is 5.06. The van der Waals surface area contributed by atoms with Gasteiger partial charge >= 0.3 is 0 Å². The van der Waals surface area contributed by atoms with Crippen LogP contribution >= 0.6 is 0 Å². The lowest BCUT2D eigenvalue weighted by Crippen LogP contribution is -1.96. The first-order valence-corrected chi connectivity index (χ1v) is 5.06. The number of carbonyl (C=O) groups excluding carboxylic acids is 1. The highest BCUT2D eigenvalue weighted by Gasteiger charge is 2.12. The predicted octanol–water partition coefficient (Wildman–Crippen LogP) is 2.06. The number of rotatable bonds is 3. The Morgan fingerprint density at radius 3 is 2.75 bits per heavy atom. The molecule has 4 nitrogen and oxygen atoms in total. The number of carbonyl (C=O) groups is 1. The maximum atomic E-state index is 11.0. The summed E-state index contributed by atoms with van der Waals surface area (Å²) >= 11 is 0. The Bertz CT molecular complexity index is 452. The molecule has 0 aliphatic heterocycles. The zero-order chi connectivity index (χ0) is 11.5. The highest BCUT2D eigenvalue weighted by Crippen LogP contribution is 2.29. The Morgan fingerprint density at radius 2 is 2.19 bits per heavy atom. The molecule has 2 rings (SSSR count). The summed E-state index contributed by atoms with van der Waals surface area (Å²) in [4.78, 5) is 11.0. The lowest BCUT2D eigenvalue weighted by Gasteiger charge is -2.09. The van der Waals surface area contributed by atoms with E-state index < -0.39 is 0 Å². The standard InChI is InChI=1S/C12H13NO3/c1-16-12-5-3-9(7-11(12)15)13-8-2-4-10(14)6-8/h3,5-7,13,15H,2,4H2,1H3. The molecule has 0 radical (unpaired) electrons. The molecule has 4 heteroatoms. The smallest absolute Gasteiger partial charge is 0.160 e. The van der Waals surface area contributed by atoms with Crippen molar-refractivity contribution in [1.82, 2.24) is 0 Å². The summed E-state index contributed by atoms with van der Waals surface area (Å²) in [5.74, 6) is 0.652. The predicted molar refractivity (Wildman–Crippen MR) is 60.6 cm³/mol. The van der Waals surface area contributed by atoms with Gasteiger partial charge in [0.1, 0.15) is 0 Å². The second-order valence-corrected chi connectivity index (χ2v) is 3.65. The minimum Gasteiger partial charge on any atom is -0.504 e. The van der Waals surface area contributed by atoms with E-state index in [9.17, 15) is 9.90 Å². The van der Waals surface area contributed by atoms with Crippen LogP contribution in [0.1, 0.15) is 12.8 Å². The number of phenols is 1. The van der Waals surface area contributed by atoms with Gasteiger partial charge in [0.05, 0.1) is 7.11 Å². The van der Waals surface area contributed by atoms with Gasteiger partial charge in [-0.25, -0.2) is 0 Å². The van der Waals surface area contributed by atoms with Crippen LogP contribution in [0, 0.1) is 0 Å². The molecule has 1 aliphatic rings. The van der Waals surface area contributed by atoms with Crippen molar-refractivity contribution in [2.24, 2.45) is 0 Å². The monoisotopic (exact) mass is 219 g/mol. The van der Waals surface area contributed by atoms with Gasteiger partial charge in [-0.05, 0) is 18.6 Å². The van der Waals surface area contributed by atoms with Crippen molar-refractivity contribution in [1.29, 1.82) is 0 Å². The summed E-state index contributed by atoms with van der Waals surface area (Å²) < 4.78 is 4.94. The molecule has 0 atom stereocenters. The van der Waals surface area contributed by atoms with E-state index in [1.54, 1.807) is 24.3 Å². The number of ether oxygens (including phenoxy) is 1. The Morgan fingerprint density at radius 1 is 1.38 bits per heavy atom. The molecular weight excluding hydrogens is 206 g/mol. The molecule has 1 aliphatic carbocycles. The average Bonchev–Trinajstić information content (AvgIpc) is 2.64. The molecule has 0 saturated carbocycles. The fraction of sp³-hybridized carbons (Fsp3) is 0.250. The third-order valence-corrected chi connectivity index (χ3v) is 2.46. The number of aromatic hydroxyl groups is 1. The molecule has 16 heavy (non-hydrogen) atoms. The molecule has 0 saturated heterocycles. The van der Waals surface area contributed by atoms with Crippen LogP contribution in [0.2, 0.25) is 0 Å². The van der Waals surface area contributed by atoms with E-state index in [-0.39, 0.29) is 11.5 Å². The van der Waals surface area contributed by atoms with Crippen molar-refractivity contribution in [3.8, 4) is 11.5 Å². The molecule has 0 aromatic heterocycles. The first kappa shape index (κ1) is 10.5. The van der Waals surface area contributed by atoms with Crippen molar-refractivity contribution in [3.05, 3.63) is 30.0 Å². The summed E-state index contributed by atoms with van der Waals surface area (Å²) in [6.45, 7) is 0. The molecule has 0 spiro atoms. The number of phenolic OH excluding ortho intramolecular Hbond substituents is 1. The van der Waals surface area contributed by atoms with Gasteiger partial charge in [-0.2, -0.15) is 0 Å². The number of hydrogen-bond donors (Lipinski definition) is 2. The van der Waals surface area contributed by atoms with Gasteiger partial charge in [-0.1, -0.05) is 0 Å². The second-order valence-electron chi connectivity index (χ2n) is 3.65. The van der Waals surface area contributed by atoms with E-state index in [1.165, 1.54) is 7.11 Å². The third kappa shape index (κ3) is 2.16. The summed E-state index contributed by atoms with van der Waals surface area (Å²) in [7, 11) is 1.50. The Balaban J connectivity index is 2.13. The quantitative estimate of drug-likeness (QED) is 0.817. The fourth-order valence-corrected chi connectivity index (χ4v) is 1.65. The number of hydrogen-bond acceptors (Lipinski definition) is 4. The molecule has 1 aromatic rings. The van der Waals surface area contributed by atoms with Gasteiger partial charge < -0.3 is 15.2 Å². The molecule has 0 unspecified atom stereocenters. The normalized spacial score (nSPS) is 14.8. The number of benzene rings is 1. The van der Waals surface area contributed by atoms with Crippen molar-refractivity contribution in [2.75, 3.05) is 12.4 Å². The first-order chi connectivity index (χ1) is 7.69. The maximum absolute atomic E-state index is 11.0. The number of allylic oxidation sites excluding steroid dienone is 2. The number of methoxy groups -OCH3 is 1. The summed E-state index contributed by atoms with van der Waals surface area (Å²) in [6.07, 6.45) is 2.89. The van der Waals surface area contributed by atoms with E-state index in [1.807, 2.05) is 0 Å². The Hall–Kier alpha value is -1.97. The van der Waals surface area contributed by atoms with Crippen LogP contribution in [0.3, 0.4) is 0 Å². The zero-order valence-corrected chi connectivity index (χ0v) is 8.99. The molecule has 0 heterocycles. The van der Waals surface area contributed by atoms with E-state index >= 15 is 0 Å². The van der Waals surface area contributed by atoms with Gasteiger partial charge in [0.25, 0.3) is 0 Å². The van der Waals surface area contributed by atoms with Gasteiger partial charge in [0, 0.05) is 29.9 Å². The highest BCUT2D eigenvalue weighted by molar-refractivity contribution is 5.93. The van der Waals surface area contributed by atoms with Crippen LogP contribution in [-0.2, 0) is 4.79 Å². The van der Waals surface area contributed by atoms with Crippen LogP contribution in [0.4, 0.5) is 5.69 Å². The Labute approximate surface area is 93.5 Å². The SMILES string of the molecule is COc1ccc(NC2=CC(=O)CC2)cc1O. The van der Waals surface area contributed by atoms with Crippen LogP contribution < -0.4 is 10.1 Å². The fourth-order valence-electron chi connectivity index (χ4n) is 1.65. The largest absolute Gasteiger partial charge is 0.504 e. The lowest BCUT2D eigenvalue weighted by molar-refractivity contribution is -0.114. The van der Waals surface area contributed by atoms with Crippen LogP contribution in [0.15, 0.2) is 30.0 Å². The minimum atomic E-state index is 0.0809. The molecule has 0 amide bonds. The van der Waals surface area contributed by atoms with E-state index in [2.05, 4.69) is 5.32 Å². The molecular formula is C12H13NO3. The minimum absolute atomic E-state index is 0.0809. The topological polar surface area (TPSA) is 58.6 Å². The van der Waals surface area contributed by atoms with Crippen molar-refractivity contribution >= 4 is 11.5 Å². The molecule has 0 bridgehead atoms. The molecule has 0 fully saturated rings. The average molecular weight is 219 g/mol. The molecule has 2 N–H and O–H groups in total. The van der Waals surface area contributed by atoms with Crippen molar-refractivity contribution in [3.63, 3.8) is 0 Å². The van der Waals surface area contributed by atoms with Crippen molar-refractivity contribution < 1.29 is 14.6 Å². The van der Waals surface area contributed by atoms with E-state index in [0.29, 0.717) is 12.2 Å². The second kappa shape index (κ2) is 4.26. The highest BCUT2D eigenvalue weighted by atomic mass is 16.5. The maximum Gasteiger partial charge on any atom is 0.160 e. The number of ketones is 1. The van der Waals surface area contributed by atoms with Gasteiger partial charge in [-0.15, -0.1) is 0 Å². The van der Waals surface area contributed by atoms with Gasteiger partial charge in [0.15, 0.2) is 17.3 Å². The van der Waals surface area contributed by atoms with Gasteiger partial charge in [-0.3, -0.25) is 4.79 Å². The van der Waals surface area contributed by atoms with E-state index in [0.717, 1.165) is 17.8 Å². The van der Waals surface area contributed by atoms with Crippen molar-refractivity contribution in [2.45, 2.75) is 12.8 Å². The van der Waals surface area contributed by atoms with Crippen LogP contribution in [0.25, 0.3) is 0 Å². The van der Waals surface area contributed by atoms with E-state index in [4.69, 9.17) is 4.74 Å². The summed E-state index contributed by atoms with van der Waals surface area (Å²) in [6, 6.07) is 5.04. The van der Waals surface area contributed by atoms with Crippen LogP contribution in [-0.4, -0.2) is 18.0 Å². The number of anilines is 1. The third-order valence-electron chi connectivity index (χ3n) is 2.46.